The highest BCUT2D eigenvalue weighted by atomic mass is 16.5. The number of hydrogen-bond donors (Lipinski definition) is 1. The van der Waals surface area contributed by atoms with E-state index in [1.807, 2.05) is 12.1 Å². The number of aromatic nitrogens is 2. The zero-order valence-electron chi connectivity index (χ0n) is 20.4. The standard InChI is InChI=1S/C26H31N5O3/c1-17-14-19(3)21(15-18(17)2)22-7-9-25(29-28-22)30-10-12-31(13-11-30)26(32)27-20-6-8-23(33-4)24(16-20)34-5/h6-9,14-16H,10-13H2,1-5H3,(H,27,32). The van der Waals surface area contributed by atoms with E-state index in [0.717, 1.165) is 17.1 Å². The van der Waals surface area contributed by atoms with E-state index in [-0.39, 0.29) is 6.03 Å². The Balaban J connectivity index is 1.36. The molecule has 0 spiro atoms. The molecule has 0 bridgehead atoms. The molecule has 1 fully saturated rings. The zero-order valence-corrected chi connectivity index (χ0v) is 20.4. The van der Waals surface area contributed by atoms with Crippen LogP contribution in [-0.4, -0.2) is 61.5 Å². The summed E-state index contributed by atoms with van der Waals surface area (Å²) in [7, 11) is 3.15. The summed E-state index contributed by atoms with van der Waals surface area (Å²) >= 11 is 0. The Morgan fingerprint density at radius 2 is 1.53 bits per heavy atom. The van der Waals surface area contributed by atoms with Gasteiger partial charge in [0.2, 0.25) is 0 Å². The number of anilines is 2. The highest BCUT2D eigenvalue weighted by Crippen LogP contribution is 2.30. The minimum Gasteiger partial charge on any atom is -0.493 e. The minimum atomic E-state index is -0.140. The number of benzene rings is 2. The topological polar surface area (TPSA) is 79.8 Å². The monoisotopic (exact) mass is 461 g/mol. The predicted molar refractivity (Wildman–Crippen MR) is 134 cm³/mol. The van der Waals surface area contributed by atoms with Crippen LogP contribution in [0.1, 0.15) is 16.7 Å². The van der Waals surface area contributed by atoms with Crippen molar-refractivity contribution in [1.82, 2.24) is 15.1 Å². The Bertz CT molecular complexity index is 1170. The molecule has 1 aliphatic heterocycles. The number of ether oxygens (including phenoxy) is 2. The lowest BCUT2D eigenvalue weighted by Crippen LogP contribution is -2.50. The maximum atomic E-state index is 12.7. The van der Waals surface area contributed by atoms with Crippen molar-refractivity contribution in [1.29, 1.82) is 0 Å². The maximum absolute atomic E-state index is 12.7. The second kappa shape index (κ2) is 9.99. The lowest BCUT2D eigenvalue weighted by molar-refractivity contribution is 0.208. The Labute approximate surface area is 200 Å². The number of urea groups is 1. The fourth-order valence-electron chi connectivity index (χ4n) is 4.13. The molecule has 8 nitrogen and oxygen atoms in total. The SMILES string of the molecule is COc1ccc(NC(=O)N2CCN(c3ccc(-c4cc(C)c(C)cc4C)nn3)CC2)cc1OC. The first kappa shape index (κ1) is 23.4. The van der Waals surface area contributed by atoms with Gasteiger partial charge in [-0.2, -0.15) is 0 Å². The molecule has 2 amide bonds. The van der Waals surface area contributed by atoms with E-state index in [9.17, 15) is 4.79 Å². The second-order valence-corrected chi connectivity index (χ2v) is 8.50. The Kier molecular flexibility index (Phi) is 6.86. The van der Waals surface area contributed by atoms with Crippen molar-refractivity contribution in [2.75, 3.05) is 50.6 Å². The van der Waals surface area contributed by atoms with Gasteiger partial charge in [-0.15, -0.1) is 10.2 Å². The molecular weight excluding hydrogens is 430 g/mol. The van der Waals surface area contributed by atoms with Crippen molar-refractivity contribution in [3.05, 3.63) is 59.2 Å². The van der Waals surface area contributed by atoms with Crippen molar-refractivity contribution in [3.63, 3.8) is 0 Å². The zero-order chi connectivity index (χ0) is 24.2. The Morgan fingerprint density at radius 3 is 2.18 bits per heavy atom. The van der Waals surface area contributed by atoms with Crippen LogP contribution in [0.3, 0.4) is 0 Å². The van der Waals surface area contributed by atoms with E-state index in [4.69, 9.17) is 9.47 Å². The van der Waals surface area contributed by atoms with E-state index in [1.165, 1.54) is 16.7 Å². The van der Waals surface area contributed by atoms with Crippen LogP contribution in [0.25, 0.3) is 11.3 Å². The first-order valence-electron chi connectivity index (χ1n) is 11.3. The van der Waals surface area contributed by atoms with Crippen LogP contribution in [0.4, 0.5) is 16.3 Å². The van der Waals surface area contributed by atoms with Gasteiger partial charge in [-0.25, -0.2) is 4.79 Å². The van der Waals surface area contributed by atoms with Gasteiger partial charge in [0.1, 0.15) is 0 Å². The van der Waals surface area contributed by atoms with Gasteiger partial charge in [0.05, 0.1) is 19.9 Å². The quantitative estimate of drug-likeness (QED) is 0.605. The molecule has 1 aliphatic rings. The summed E-state index contributed by atoms with van der Waals surface area (Å²) in [5.41, 5.74) is 6.36. The molecule has 2 aromatic carbocycles. The number of hydrogen-bond acceptors (Lipinski definition) is 6. The van der Waals surface area contributed by atoms with Crippen LogP contribution in [-0.2, 0) is 0 Å². The summed E-state index contributed by atoms with van der Waals surface area (Å²) in [6, 6.07) is 13.6. The number of nitrogens with zero attached hydrogens (tertiary/aromatic N) is 4. The molecule has 0 aliphatic carbocycles. The van der Waals surface area contributed by atoms with Crippen LogP contribution >= 0.6 is 0 Å². The number of nitrogens with one attached hydrogen (secondary N) is 1. The molecule has 8 heteroatoms. The van der Waals surface area contributed by atoms with Crippen molar-refractivity contribution >= 4 is 17.5 Å². The van der Waals surface area contributed by atoms with E-state index in [1.54, 1.807) is 37.3 Å². The molecule has 2 heterocycles. The van der Waals surface area contributed by atoms with Crippen LogP contribution in [0.15, 0.2) is 42.5 Å². The summed E-state index contributed by atoms with van der Waals surface area (Å²) < 4.78 is 10.6. The van der Waals surface area contributed by atoms with Crippen LogP contribution in [0, 0.1) is 20.8 Å². The number of amides is 2. The van der Waals surface area contributed by atoms with Gasteiger partial charge in [-0.05, 0) is 67.8 Å². The maximum Gasteiger partial charge on any atom is 0.321 e. The lowest BCUT2D eigenvalue weighted by Gasteiger charge is -2.35. The van der Waals surface area contributed by atoms with Crippen molar-refractivity contribution < 1.29 is 14.3 Å². The largest absolute Gasteiger partial charge is 0.493 e. The van der Waals surface area contributed by atoms with Gasteiger partial charge >= 0.3 is 6.03 Å². The highest BCUT2D eigenvalue weighted by molar-refractivity contribution is 5.90. The first-order valence-corrected chi connectivity index (χ1v) is 11.3. The summed E-state index contributed by atoms with van der Waals surface area (Å²) in [6.07, 6.45) is 0. The third-order valence-electron chi connectivity index (χ3n) is 6.29. The van der Waals surface area contributed by atoms with Gasteiger partial charge in [0.15, 0.2) is 17.3 Å². The van der Waals surface area contributed by atoms with Crippen molar-refractivity contribution in [2.24, 2.45) is 0 Å². The molecule has 34 heavy (non-hydrogen) atoms. The second-order valence-electron chi connectivity index (χ2n) is 8.50. The third kappa shape index (κ3) is 4.90. The molecular formula is C26H31N5O3. The van der Waals surface area contributed by atoms with Gasteiger partial charge in [-0.1, -0.05) is 6.07 Å². The fourth-order valence-corrected chi connectivity index (χ4v) is 4.13. The number of aryl methyl sites for hydroxylation is 3. The number of methoxy groups -OCH3 is 2. The molecule has 4 rings (SSSR count). The molecule has 3 aromatic rings. The first-order chi connectivity index (χ1) is 16.4. The molecule has 0 unspecified atom stereocenters. The van der Waals surface area contributed by atoms with E-state index < -0.39 is 0 Å². The Hall–Kier alpha value is -3.81. The fraction of sp³-hybridized carbons (Fsp3) is 0.346. The average molecular weight is 462 g/mol. The summed E-state index contributed by atoms with van der Waals surface area (Å²) in [4.78, 5) is 16.7. The minimum absolute atomic E-state index is 0.140. The number of piperazine rings is 1. The molecule has 0 saturated carbocycles. The third-order valence-corrected chi connectivity index (χ3v) is 6.29. The Morgan fingerprint density at radius 1 is 0.824 bits per heavy atom. The summed E-state index contributed by atoms with van der Waals surface area (Å²) in [5, 5.41) is 11.9. The molecule has 1 N–H and O–H groups in total. The lowest BCUT2D eigenvalue weighted by atomic mass is 9.99. The van der Waals surface area contributed by atoms with E-state index >= 15 is 0 Å². The molecule has 178 valence electrons. The highest BCUT2D eigenvalue weighted by Gasteiger charge is 2.22. The molecule has 0 atom stereocenters. The number of rotatable bonds is 5. The van der Waals surface area contributed by atoms with E-state index in [2.05, 4.69) is 53.3 Å². The van der Waals surface area contributed by atoms with Crippen molar-refractivity contribution in [2.45, 2.75) is 20.8 Å². The summed E-state index contributed by atoms with van der Waals surface area (Å²) in [6.45, 7) is 8.91. The molecule has 1 saturated heterocycles. The van der Waals surface area contributed by atoms with E-state index in [0.29, 0.717) is 43.4 Å². The van der Waals surface area contributed by atoms with Crippen LogP contribution in [0.5, 0.6) is 11.5 Å². The predicted octanol–water partition coefficient (Wildman–Crippen LogP) is 4.44. The average Bonchev–Trinajstić information content (AvgIpc) is 2.86. The summed E-state index contributed by atoms with van der Waals surface area (Å²) in [5.74, 6) is 2.02. The number of carbonyl (C=O) groups excluding carboxylic acids is 1. The van der Waals surface area contributed by atoms with Gasteiger partial charge in [0, 0.05) is 43.5 Å². The normalized spacial score (nSPS) is 13.6. The van der Waals surface area contributed by atoms with Gasteiger partial charge in [0.25, 0.3) is 0 Å². The van der Waals surface area contributed by atoms with Crippen molar-refractivity contribution in [3.8, 4) is 22.8 Å². The van der Waals surface area contributed by atoms with Gasteiger partial charge in [-0.3, -0.25) is 0 Å². The number of carbonyl (C=O) groups is 1. The van der Waals surface area contributed by atoms with Crippen LogP contribution < -0.4 is 19.7 Å². The van der Waals surface area contributed by atoms with Crippen LogP contribution in [0.2, 0.25) is 0 Å². The molecule has 0 radical (unpaired) electrons. The smallest absolute Gasteiger partial charge is 0.321 e. The molecule has 1 aromatic heterocycles. The van der Waals surface area contributed by atoms with Gasteiger partial charge < -0.3 is 24.6 Å².